The molecule has 0 aliphatic rings. The van der Waals surface area contributed by atoms with Crippen LogP contribution in [0.25, 0.3) is 21.3 Å². The van der Waals surface area contributed by atoms with E-state index in [2.05, 4.69) is 4.98 Å². The van der Waals surface area contributed by atoms with Crippen LogP contribution in [-0.4, -0.2) is 20.0 Å². The number of aromatic carboxylic acids is 1. The summed E-state index contributed by atoms with van der Waals surface area (Å²) in [6.45, 7) is 4.00. The molecule has 0 bridgehead atoms. The second-order valence-electron chi connectivity index (χ2n) is 3.84. The minimum absolute atomic E-state index is 0.0428. The van der Waals surface area contributed by atoms with Crippen LogP contribution in [0.5, 0.6) is 0 Å². The molecule has 0 amide bonds. The van der Waals surface area contributed by atoms with Gasteiger partial charge in [0.15, 0.2) is 12.3 Å². The zero-order valence-corrected chi connectivity index (χ0v) is 13.0. The molecule has 3 rings (SSSR count). The van der Waals surface area contributed by atoms with Crippen molar-refractivity contribution in [3.05, 3.63) is 41.7 Å². The SMILES string of the molecule is CC.O=C(O)c1cc(-c2cncs2)cc2c1ccn2SF. The van der Waals surface area contributed by atoms with E-state index in [4.69, 9.17) is 0 Å². The molecule has 0 saturated carbocycles. The lowest BCUT2D eigenvalue weighted by Crippen LogP contribution is -1.97. The molecule has 0 fully saturated rings. The summed E-state index contributed by atoms with van der Waals surface area (Å²) >= 11 is 1.45. The summed E-state index contributed by atoms with van der Waals surface area (Å²) in [5.74, 6) is -1.03. The molecule has 3 aromatic rings. The third-order valence-electron chi connectivity index (χ3n) is 2.79. The first-order chi connectivity index (χ1) is 10.2. The molecule has 1 N–H and O–H groups in total. The highest BCUT2D eigenvalue weighted by Crippen LogP contribution is 2.32. The number of carbonyl (C=O) groups is 1. The number of halogens is 1. The number of carboxylic acid groups (broad SMARTS) is 1. The zero-order chi connectivity index (χ0) is 15.4. The van der Waals surface area contributed by atoms with E-state index >= 15 is 0 Å². The first-order valence-electron chi connectivity index (χ1n) is 6.27. The first-order valence-corrected chi connectivity index (χ1v) is 7.82. The van der Waals surface area contributed by atoms with Crippen molar-refractivity contribution in [3.63, 3.8) is 0 Å². The van der Waals surface area contributed by atoms with Crippen molar-refractivity contribution in [2.75, 3.05) is 0 Å². The highest BCUT2D eigenvalue weighted by molar-refractivity contribution is 7.92. The minimum Gasteiger partial charge on any atom is -0.478 e. The van der Waals surface area contributed by atoms with E-state index < -0.39 is 5.97 Å². The quantitative estimate of drug-likeness (QED) is 0.747. The van der Waals surface area contributed by atoms with Gasteiger partial charge in [0.2, 0.25) is 0 Å². The van der Waals surface area contributed by atoms with E-state index in [0.717, 1.165) is 10.4 Å². The fraction of sp³-hybridized carbons (Fsp3) is 0.143. The zero-order valence-electron chi connectivity index (χ0n) is 11.4. The molecular formula is C14H13FN2O2S2. The third kappa shape index (κ3) is 2.93. The molecule has 1 aromatic carbocycles. The number of benzene rings is 1. The predicted octanol–water partition coefficient (Wildman–Crippen LogP) is 4.87. The highest BCUT2D eigenvalue weighted by atomic mass is 32.2. The second-order valence-corrected chi connectivity index (χ2v) is 5.26. The van der Waals surface area contributed by atoms with Gasteiger partial charge in [0.25, 0.3) is 0 Å². The van der Waals surface area contributed by atoms with E-state index in [9.17, 15) is 13.8 Å². The van der Waals surface area contributed by atoms with Gasteiger partial charge in [-0.25, -0.2) is 4.79 Å². The lowest BCUT2D eigenvalue weighted by atomic mass is 10.1. The van der Waals surface area contributed by atoms with Crippen molar-refractivity contribution < 1.29 is 13.8 Å². The molecule has 0 spiro atoms. The molecule has 0 atom stereocenters. The number of nitrogens with zero attached hydrogens (tertiary/aromatic N) is 2. The van der Waals surface area contributed by atoms with Crippen LogP contribution >= 0.6 is 23.7 Å². The van der Waals surface area contributed by atoms with Crippen LogP contribution in [0.3, 0.4) is 0 Å². The number of aromatic nitrogens is 2. The number of hydrogen-bond acceptors (Lipinski definition) is 4. The van der Waals surface area contributed by atoms with E-state index in [1.54, 1.807) is 29.9 Å². The van der Waals surface area contributed by atoms with E-state index in [-0.39, 0.29) is 17.9 Å². The summed E-state index contributed by atoms with van der Waals surface area (Å²) in [5.41, 5.74) is 3.09. The third-order valence-corrected chi connectivity index (χ3v) is 4.08. The van der Waals surface area contributed by atoms with Crippen molar-refractivity contribution in [2.24, 2.45) is 0 Å². The molecule has 21 heavy (non-hydrogen) atoms. The van der Waals surface area contributed by atoms with Crippen LogP contribution in [0.1, 0.15) is 24.2 Å². The summed E-state index contributed by atoms with van der Waals surface area (Å²) in [5, 5.41) is 9.78. The average Bonchev–Trinajstić information content (AvgIpc) is 3.17. The number of hydrogen-bond donors (Lipinski definition) is 1. The summed E-state index contributed by atoms with van der Waals surface area (Å²) in [7, 11) is 0. The number of thiazole rings is 1. The topological polar surface area (TPSA) is 55.1 Å². The van der Waals surface area contributed by atoms with Crippen LogP contribution < -0.4 is 0 Å². The lowest BCUT2D eigenvalue weighted by molar-refractivity contribution is 0.0699. The smallest absolute Gasteiger partial charge is 0.336 e. The Labute approximate surface area is 129 Å². The van der Waals surface area contributed by atoms with Crippen molar-refractivity contribution in [1.82, 2.24) is 8.96 Å². The summed E-state index contributed by atoms with van der Waals surface area (Å²) < 4.78 is 14.1. The molecule has 0 aliphatic heterocycles. The fourth-order valence-electron chi connectivity index (χ4n) is 1.96. The number of rotatable bonds is 3. The first kappa shape index (κ1) is 15.5. The molecule has 2 heterocycles. The summed E-state index contributed by atoms with van der Waals surface area (Å²) in [6, 6.07) is 4.95. The Morgan fingerprint density at radius 3 is 2.76 bits per heavy atom. The highest BCUT2D eigenvalue weighted by Gasteiger charge is 2.15. The molecule has 110 valence electrons. The molecule has 2 aromatic heterocycles. The van der Waals surface area contributed by atoms with Gasteiger partial charge in [0, 0.05) is 17.8 Å². The van der Waals surface area contributed by atoms with Crippen LogP contribution in [0.4, 0.5) is 3.89 Å². The van der Waals surface area contributed by atoms with Crippen LogP contribution in [0.2, 0.25) is 0 Å². The lowest BCUT2D eigenvalue weighted by Gasteiger charge is -2.04. The van der Waals surface area contributed by atoms with Crippen LogP contribution in [-0.2, 0) is 0 Å². The van der Waals surface area contributed by atoms with Gasteiger partial charge in [0.05, 0.1) is 21.5 Å². The Hall–Kier alpha value is -1.86. The van der Waals surface area contributed by atoms with Gasteiger partial charge in [-0.05, 0) is 23.8 Å². The summed E-state index contributed by atoms with van der Waals surface area (Å²) in [6.07, 6.45) is 3.17. The largest absolute Gasteiger partial charge is 0.478 e. The van der Waals surface area contributed by atoms with Gasteiger partial charge in [-0.3, -0.25) is 8.96 Å². The molecule has 4 nitrogen and oxygen atoms in total. The Kier molecular flexibility index (Phi) is 4.98. The molecule has 0 radical (unpaired) electrons. The predicted molar refractivity (Wildman–Crippen MR) is 85.5 cm³/mol. The molecular weight excluding hydrogens is 311 g/mol. The van der Waals surface area contributed by atoms with E-state index in [1.807, 2.05) is 13.8 Å². The molecule has 7 heteroatoms. The van der Waals surface area contributed by atoms with Gasteiger partial charge in [-0.15, -0.1) is 15.2 Å². The fourth-order valence-corrected chi connectivity index (χ4v) is 2.90. The molecule has 0 saturated heterocycles. The van der Waals surface area contributed by atoms with Crippen molar-refractivity contribution in [1.29, 1.82) is 0 Å². The van der Waals surface area contributed by atoms with Gasteiger partial charge in [-0.2, -0.15) is 0 Å². The van der Waals surface area contributed by atoms with Crippen LogP contribution in [0, 0.1) is 0 Å². The second kappa shape index (κ2) is 6.73. The van der Waals surface area contributed by atoms with E-state index in [0.29, 0.717) is 10.9 Å². The average molecular weight is 324 g/mol. The standard InChI is InChI=1S/C12H7FN2O2S2.C2H6/c13-19-15-2-1-8-9(12(16)17)3-7(4-10(8)15)11-5-14-6-18-11;1-2/h1-6H,(H,16,17);1-2H3. The Morgan fingerprint density at radius 1 is 1.43 bits per heavy atom. The minimum atomic E-state index is -1.03. The van der Waals surface area contributed by atoms with Crippen molar-refractivity contribution in [3.8, 4) is 10.4 Å². The van der Waals surface area contributed by atoms with E-state index in [1.165, 1.54) is 21.5 Å². The maximum atomic E-state index is 12.8. The van der Waals surface area contributed by atoms with Gasteiger partial charge in [0.1, 0.15) is 0 Å². The van der Waals surface area contributed by atoms with Gasteiger partial charge < -0.3 is 5.11 Å². The Balaban J connectivity index is 0.000000774. The number of fused-ring (bicyclic) bond motifs is 1. The van der Waals surface area contributed by atoms with Gasteiger partial charge >= 0.3 is 5.97 Å². The summed E-state index contributed by atoms with van der Waals surface area (Å²) in [4.78, 5) is 16.1. The van der Waals surface area contributed by atoms with Gasteiger partial charge in [-0.1, -0.05) is 13.8 Å². The maximum Gasteiger partial charge on any atom is 0.336 e. The maximum absolute atomic E-state index is 12.8. The Bertz CT molecular complexity index is 754. The number of carboxylic acids is 1. The molecule has 0 unspecified atom stereocenters. The Morgan fingerprint density at radius 2 is 2.19 bits per heavy atom. The van der Waals surface area contributed by atoms with Crippen LogP contribution in [0.15, 0.2) is 36.1 Å². The molecule has 0 aliphatic carbocycles. The monoisotopic (exact) mass is 324 g/mol. The normalized spacial score (nSPS) is 10.2. The van der Waals surface area contributed by atoms with Crippen molar-refractivity contribution in [2.45, 2.75) is 13.8 Å². The van der Waals surface area contributed by atoms with Crippen molar-refractivity contribution >= 4 is 40.5 Å².